The van der Waals surface area contributed by atoms with E-state index in [9.17, 15) is 0 Å². The van der Waals surface area contributed by atoms with E-state index in [4.69, 9.17) is 5.73 Å². The van der Waals surface area contributed by atoms with Gasteiger partial charge in [0.1, 0.15) is 0 Å². The highest BCUT2D eigenvalue weighted by Gasteiger charge is 2.27. The minimum Gasteiger partial charge on any atom is -0.329 e. The van der Waals surface area contributed by atoms with Crippen LogP contribution >= 0.6 is 0 Å². The van der Waals surface area contributed by atoms with E-state index in [-0.39, 0.29) is 5.54 Å². The van der Waals surface area contributed by atoms with Crippen LogP contribution < -0.4 is 5.73 Å². The van der Waals surface area contributed by atoms with Gasteiger partial charge in [0, 0.05) is 18.6 Å². The lowest BCUT2D eigenvalue weighted by molar-refractivity contribution is 0.113. The average Bonchev–Trinajstić information content (AvgIpc) is 2.13. The van der Waals surface area contributed by atoms with Crippen molar-refractivity contribution in [1.29, 1.82) is 0 Å². The van der Waals surface area contributed by atoms with Gasteiger partial charge in [0.05, 0.1) is 0 Å². The minimum atomic E-state index is 0.175. The third-order valence-corrected chi connectivity index (χ3v) is 3.26. The van der Waals surface area contributed by atoms with Crippen LogP contribution in [-0.2, 0) is 0 Å². The molecular formula is C13H30N2. The fourth-order valence-electron chi connectivity index (χ4n) is 1.82. The molecule has 0 amide bonds. The maximum atomic E-state index is 5.93. The van der Waals surface area contributed by atoms with E-state index in [1.807, 2.05) is 0 Å². The van der Waals surface area contributed by atoms with Crippen LogP contribution in [0.2, 0.25) is 0 Å². The summed E-state index contributed by atoms with van der Waals surface area (Å²) in [7, 11) is 2.20. The summed E-state index contributed by atoms with van der Waals surface area (Å²) in [5.74, 6) is 1.48. The lowest BCUT2D eigenvalue weighted by Gasteiger charge is -2.39. The number of nitrogens with two attached hydrogens (primary N) is 1. The summed E-state index contributed by atoms with van der Waals surface area (Å²) >= 11 is 0. The molecule has 0 spiro atoms. The van der Waals surface area contributed by atoms with Crippen molar-refractivity contribution in [3.8, 4) is 0 Å². The van der Waals surface area contributed by atoms with Crippen LogP contribution in [0.3, 0.4) is 0 Å². The highest BCUT2D eigenvalue weighted by Crippen LogP contribution is 2.22. The lowest BCUT2D eigenvalue weighted by atomic mass is 9.90. The van der Waals surface area contributed by atoms with Crippen LogP contribution in [0.1, 0.15) is 47.5 Å². The Balaban J connectivity index is 4.26. The molecule has 0 aromatic rings. The Morgan fingerprint density at radius 3 is 2.00 bits per heavy atom. The second-order valence-electron chi connectivity index (χ2n) is 5.91. The molecule has 0 heterocycles. The first kappa shape index (κ1) is 14.9. The topological polar surface area (TPSA) is 29.3 Å². The molecule has 0 radical (unpaired) electrons. The van der Waals surface area contributed by atoms with Gasteiger partial charge in [-0.05, 0) is 38.6 Å². The van der Waals surface area contributed by atoms with E-state index < -0.39 is 0 Å². The number of likely N-dealkylation sites (N-methyl/N-ethyl adjacent to an activating group) is 1. The van der Waals surface area contributed by atoms with Crippen LogP contribution in [0, 0.1) is 11.8 Å². The molecule has 0 fully saturated rings. The fraction of sp³-hybridized carbons (Fsp3) is 1.00. The first-order valence-electron chi connectivity index (χ1n) is 6.23. The Morgan fingerprint density at radius 2 is 1.67 bits per heavy atom. The van der Waals surface area contributed by atoms with Crippen molar-refractivity contribution < 1.29 is 0 Å². The van der Waals surface area contributed by atoms with Crippen molar-refractivity contribution in [1.82, 2.24) is 4.90 Å². The van der Waals surface area contributed by atoms with Crippen molar-refractivity contribution >= 4 is 0 Å². The molecule has 2 N–H and O–H groups in total. The molecule has 92 valence electrons. The van der Waals surface area contributed by atoms with Crippen molar-refractivity contribution in [3.63, 3.8) is 0 Å². The van der Waals surface area contributed by atoms with Gasteiger partial charge in [-0.1, -0.05) is 27.7 Å². The lowest BCUT2D eigenvalue weighted by Crippen LogP contribution is -2.51. The molecule has 1 unspecified atom stereocenters. The van der Waals surface area contributed by atoms with Gasteiger partial charge >= 0.3 is 0 Å². The van der Waals surface area contributed by atoms with Gasteiger partial charge in [-0.15, -0.1) is 0 Å². The molecule has 15 heavy (non-hydrogen) atoms. The van der Waals surface area contributed by atoms with Crippen molar-refractivity contribution in [3.05, 3.63) is 0 Å². The summed E-state index contributed by atoms with van der Waals surface area (Å²) in [6.45, 7) is 13.2. The second kappa shape index (κ2) is 6.49. The Kier molecular flexibility index (Phi) is 6.46. The molecular weight excluding hydrogens is 184 g/mol. The zero-order valence-corrected chi connectivity index (χ0v) is 11.5. The van der Waals surface area contributed by atoms with E-state index >= 15 is 0 Å². The highest BCUT2D eigenvalue weighted by molar-refractivity contribution is 4.86. The average molecular weight is 214 g/mol. The molecule has 0 aliphatic carbocycles. The van der Waals surface area contributed by atoms with E-state index in [0.717, 1.165) is 19.0 Å². The summed E-state index contributed by atoms with van der Waals surface area (Å²) in [4.78, 5) is 2.43. The maximum Gasteiger partial charge on any atom is 0.0300 e. The molecule has 2 heteroatoms. The molecule has 0 aromatic carbocycles. The summed E-state index contributed by atoms with van der Waals surface area (Å²) < 4.78 is 0. The Hall–Kier alpha value is -0.0800. The van der Waals surface area contributed by atoms with Crippen LogP contribution in [-0.4, -0.2) is 30.6 Å². The SMILES string of the molecule is CC(C)CCC(C)(CN)N(C)CC(C)C. The minimum absolute atomic E-state index is 0.175. The molecule has 0 bridgehead atoms. The standard InChI is InChI=1S/C13H30N2/c1-11(2)7-8-13(5,10-14)15(6)9-12(3)4/h11-12H,7-10,14H2,1-6H3. The van der Waals surface area contributed by atoms with Crippen molar-refractivity contribution in [2.75, 3.05) is 20.1 Å². The van der Waals surface area contributed by atoms with Crippen LogP contribution in [0.5, 0.6) is 0 Å². The largest absolute Gasteiger partial charge is 0.329 e. The number of hydrogen-bond acceptors (Lipinski definition) is 2. The Labute approximate surface area is 96.2 Å². The number of nitrogens with zero attached hydrogens (tertiary/aromatic N) is 1. The van der Waals surface area contributed by atoms with Crippen molar-refractivity contribution in [2.45, 2.75) is 53.0 Å². The first-order chi connectivity index (χ1) is 6.81. The maximum absolute atomic E-state index is 5.93. The van der Waals surface area contributed by atoms with Gasteiger partial charge in [0.25, 0.3) is 0 Å². The van der Waals surface area contributed by atoms with Gasteiger partial charge in [-0.25, -0.2) is 0 Å². The molecule has 0 saturated carbocycles. The molecule has 0 saturated heterocycles. The van der Waals surface area contributed by atoms with Crippen molar-refractivity contribution in [2.24, 2.45) is 17.6 Å². The predicted molar refractivity (Wildman–Crippen MR) is 69.0 cm³/mol. The molecule has 0 aliphatic rings. The Bertz CT molecular complexity index is 166. The van der Waals surface area contributed by atoms with Gasteiger partial charge in [-0.2, -0.15) is 0 Å². The summed E-state index contributed by atoms with van der Waals surface area (Å²) in [5, 5.41) is 0. The van der Waals surface area contributed by atoms with E-state index in [1.54, 1.807) is 0 Å². The highest BCUT2D eigenvalue weighted by atomic mass is 15.2. The smallest absolute Gasteiger partial charge is 0.0300 e. The zero-order valence-electron chi connectivity index (χ0n) is 11.5. The van der Waals surface area contributed by atoms with E-state index in [0.29, 0.717) is 5.92 Å². The summed E-state index contributed by atoms with van der Waals surface area (Å²) in [6.07, 6.45) is 2.46. The quantitative estimate of drug-likeness (QED) is 0.706. The van der Waals surface area contributed by atoms with Crippen LogP contribution in [0.4, 0.5) is 0 Å². The predicted octanol–water partition coefficient (Wildman–Crippen LogP) is 2.73. The third-order valence-electron chi connectivity index (χ3n) is 3.26. The monoisotopic (exact) mass is 214 g/mol. The first-order valence-corrected chi connectivity index (χ1v) is 6.23. The normalized spacial score (nSPS) is 16.4. The van der Waals surface area contributed by atoms with Gasteiger partial charge in [0.15, 0.2) is 0 Å². The molecule has 0 aromatic heterocycles. The van der Waals surface area contributed by atoms with E-state index in [2.05, 4.69) is 46.6 Å². The van der Waals surface area contributed by atoms with Gasteiger partial charge < -0.3 is 5.73 Å². The summed E-state index contributed by atoms with van der Waals surface area (Å²) in [5.41, 5.74) is 6.10. The van der Waals surface area contributed by atoms with Crippen LogP contribution in [0.15, 0.2) is 0 Å². The zero-order chi connectivity index (χ0) is 12.1. The second-order valence-corrected chi connectivity index (χ2v) is 5.91. The van der Waals surface area contributed by atoms with Crippen LogP contribution in [0.25, 0.3) is 0 Å². The fourth-order valence-corrected chi connectivity index (χ4v) is 1.82. The third kappa shape index (κ3) is 5.53. The van der Waals surface area contributed by atoms with Gasteiger partial charge in [-0.3, -0.25) is 4.90 Å². The summed E-state index contributed by atoms with van der Waals surface area (Å²) in [6, 6.07) is 0. The molecule has 0 rings (SSSR count). The van der Waals surface area contributed by atoms with Gasteiger partial charge in [0.2, 0.25) is 0 Å². The van der Waals surface area contributed by atoms with E-state index in [1.165, 1.54) is 12.8 Å². The Morgan fingerprint density at radius 1 is 1.13 bits per heavy atom. The number of hydrogen-bond donors (Lipinski definition) is 1. The molecule has 1 atom stereocenters. The molecule has 0 aliphatic heterocycles. The number of rotatable bonds is 7. The molecule has 2 nitrogen and oxygen atoms in total.